The molecule has 0 nitrogen and oxygen atoms in total. The fourth-order valence-corrected chi connectivity index (χ4v) is 1.66. The van der Waals surface area contributed by atoms with E-state index >= 15 is 0 Å². The summed E-state index contributed by atoms with van der Waals surface area (Å²) in [6, 6.07) is 1.97. The molecule has 78 valence electrons. The molecule has 0 heterocycles. The van der Waals surface area contributed by atoms with E-state index in [-0.39, 0.29) is 21.7 Å². The molecule has 0 aliphatic rings. The van der Waals surface area contributed by atoms with Crippen LogP contribution in [0.3, 0.4) is 0 Å². The molecule has 0 fully saturated rings. The summed E-state index contributed by atoms with van der Waals surface area (Å²) in [4.78, 5) is -0.197. The van der Waals surface area contributed by atoms with Crippen molar-refractivity contribution in [2.75, 3.05) is 0 Å². The Kier molecular flexibility index (Phi) is 3.32. The predicted molar refractivity (Wildman–Crippen MR) is 48.1 cm³/mol. The van der Waals surface area contributed by atoms with E-state index in [0.717, 1.165) is 6.07 Å². The first-order valence-corrected chi connectivity index (χ1v) is 4.70. The van der Waals surface area contributed by atoms with Crippen LogP contribution >= 0.6 is 23.4 Å². The smallest absolute Gasteiger partial charge is 0.205 e. The van der Waals surface area contributed by atoms with Crippen molar-refractivity contribution in [3.8, 4) is 0 Å². The van der Waals surface area contributed by atoms with Crippen LogP contribution in [0, 0.1) is 12.7 Å². The van der Waals surface area contributed by atoms with Gasteiger partial charge in [0.1, 0.15) is 5.82 Å². The summed E-state index contributed by atoms with van der Waals surface area (Å²) in [7, 11) is 0. The minimum atomic E-state index is -4.41. The Morgan fingerprint density at radius 3 is 2.29 bits per heavy atom. The number of hydrogen-bond acceptors (Lipinski definition) is 1. The van der Waals surface area contributed by atoms with Gasteiger partial charge in [-0.05, 0) is 36.4 Å². The van der Waals surface area contributed by atoms with Gasteiger partial charge in [-0.2, -0.15) is 13.2 Å². The molecule has 0 aliphatic heterocycles. The van der Waals surface area contributed by atoms with Crippen LogP contribution in [-0.2, 0) is 0 Å². The van der Waals surface area contributed by atoms with Crippen molar-refractivity contribution < 1.29 is 17.6 Å². The zero-order chi connectivity index (χ0) is 10.9. The lowest BCUT2D eigenvalue weighted by Crippen LogP contribution is -1.99. The van der Waals surface area contributed by atoms with Crippen molar-refractivity contribution in [3.05, 3.63) is 28.5 Å². The van der Waals surface area contributed by atoms with Gasteiger partial charge in [0.15, 0.2) is 0 Å². The van der Waals surface area contributed by atoms with Gasteiger partial charge in [0.2, 0.25) is 0 Å². The zero-order valence-electron chi connectivity index (χ0n) is 6.95. The van der Waals surface area contributed by atoms with Gasteiger partial charge in [0.05, 0.1) is 5.02 Å². The van der Waals surface area contributed by atoms with Crippen LogP contribution in [0.4, 0.5) is 17.6 Å². The van der Waals surface area contributed by atoms with Crippen molar-refractivity contribution >= 4 is 23.4 Å². The van der Waals surface area contributed by atoms with Gasteiger partial charge in [-0.15, -0.1) is 0 Å². The molecule has 0 aliphatic carbocycles. The first-order chi connectivity index (χ1) is 6.29. The highest BCUT2D eigenvalue weighted by molar-refractivity contribution is 8.00. The maximum Gasteiger partial charge on any atom is 0.446 e. The average Bonchev–Trinajstić information content (AvgIpc) is 1.96. The second-order valence-corrected chi connectivity index (χ2v) is 4.10. The predicted octanol–water partition coefficient (Wildman–Crippen LogP) is 4.40. The number of benzene rings is 1. The number of rotatable bonds is 1. The van der Waals surface area contributed by atoms with Gasteiger partial charge in [-0.25, -0.2) is 4.39 Å². The summed E-state index contributed by atoms with van der Waals surface area (Å²) in [6.45, 7) is 1.45. The van der Waals surface area contributed by atoms with Crippen molar-refractivity contribution in [1.82, 2.24) is 0 Å². The zero-order valence-corrected chi connectivity index (χ0v) is 8.53. The summed E-state index contributed by atoms with van der Waals surface area (Å²) < 4.78 is 48.6. The average molecular weight is 245 g/mol. The molecule has 0 saturated carbocycles. The van der Waals surface area contributed by atoms with E-state index in [9.17, 15) is 17.6 Å². The van der Waals surface area contributed by atoms with Crippen LogP contribution in [0.1, 0.15) is 5.56 Å². The van der Waals surface area contributed by atoms with Crippen LogP contribution in [-0.4, -0.2) is 5.51 Å². The molecule has 1 aromatic carbocycles. The molecule has 0 unspecified atom stereocenters. The topological polar surface area (TPSA) is 0 Å². The van der Waals surface area contributed by atoms with Crippen molar-refractivity contribution in [2.24, 2.45) is 0 Å². The van der Waals surface area contributed by atoms with E-state index in [1.165, 1.54) is 13.0 Å². The Hall–Kier alpha value is -0.420. The van der Waals surface area contributed by atoms with Gasteiger partial charge < -0.3 is 0 Å². The lowest BCUT2D eigenvalue weighted by atomic mass is 10.2. The number of thioether (sulfide) groups is 1. The molecule has 1 rings (SSSR count). The Morgan fingerprint density at radius 1 is 1.29 bits per heavy atom. The molecule has 14 heavy (non-hydrogen) atoms. The van der Waals surface area contributed by atoms with Crippen molar-refractivity contribution in [1.29, 1.82) is 0 Å². The van der Waals surface area contributed by atoms with Gasteiger partial charge in [0.25, 0.3) is 0 Å². The molecular weight excluding hydrogens is 240 g/mol. The maximum atomic E-state index is 12.9. The Balaban J connectivity index is 3.02. The van der Waals surface area contributed by atoms with Crippen molar-refractivity contribution in [3.63, 3.8) is 0 Å². The molecule has 1 aromatic rings. The fraction of sp³-hybridized carbons (Fsp3) is 0.250. The highest BCUT2D eigenvalue weighted by Crippen LogP contribution is 2.38. The van der Waals surface area contributed by atoms with E-state index in [0.29, 0.717) is 5.56 Å². The normalized spacial score (nSPS) is 11.9. The summed E-state index contributed by atoms with van der Waals surface area (Å²) in [5.74, 6) is -0.835. The third-order valence-corrected chi connectivity index (χ3v) is 2.60. The molecule has 0 spiro atoms. The molecule has 6 heteroatoms. The van der Waals surface area contributed by atoms with Crippen LogP contribution in [0.5, 0.6) is 0 Å². The molecule has 0 aromatic heterocycles. The van der Waals surface area contributed by atoms with E-state index in [1.807, 2.05) is 0 Å². The molecule has 0 N–H and O–H groups in total. The van der Waals surface area contributed by atoms with E-state index < -0.39 is 11.3 Å². The molecule has 0 amide bonds. The largest absolute Gasteiger partial charge is 0.446 e. The lowest BCUT2D eigenvalue weighted by molar-refractivity contribution is -0.0328. The maximum absolute atomic E-state index is 12.9. The van der Waals surface area contributed by atoms with Gasteiger partial charge in [0, 0.05) is 4.90 Å². The summed E-state index contributed by atoms with van der Waals surface area (Å²) in [5.41, 5.74) is -4.12. The van der Waals surface area contributed by atoms with Gasteiger partial charge >= 0.3 is 5.51 Å². The highest BCUT2D eigenvalue weighted by atomic mass is 35.5. The van der Waals surface area contributed by atoms with E-state index in [4.69, 9.17) is 11.6 Å². The number of alkyl halides is 3. The molecule has 0 bridgehead atoms. The first kappa shape index (κ1) is 11.7. The van der Waals surface area contributed by atoms with E-state index in [1.54, 1.807) is 0 Å². The molecule has 0 atom stereocenters. The van der Waals surface area contributed by atoms with Crippen LogP contribution < -0.4 is 0 Å². The third-order valence-electron chi connectivity index (χ3n) is 1.42. The first-order valence-electron chi connectivity index (χ1n) is 3.51. The summed E-state index contributed by atoms with van der Waals surface area (Å²) >= 11 is 5.09. The molecule has 0 radical (unpaired) electrons. The monoisotopic (exact) mass is 244 g/mol. The minimum Gasteiger partial charge on any atom is -0.205 e. The quantitative estimate of drug-likeness (QED) is 0.521. The summed E-state index contributed by atoms with van der Waals surface area (Å²) in [6.07, 6.45) is 0. The second-order valence-electron chi connectivity index (χ2n) is 2.58. The standard InChI is InChI=1S/C8H5ClF4S/c1-4-2-5(14-8(11,12)13)3-6(10)7(4)9/h2-3H,1H3. The van der Waals surface area contributed by atoms with Gasteiger partial charge in [-0.3, -0.25) is 0 Å². The Bertz CT molecular complexity index is 325. The molecule has 0 saturated heterocycles. The van der Waals surface area contributed by atoms with Crippen LogP contribution in [0.25, 0.3) is 0 Å². The number of aryl methyl sites for hydroxylation is 1. The molecular formula is C8H5ClF4S. The van der Waals surface area contributed by atoms with E-state index in [2.05, 4.69) is 0 Å². The summed E-state index contributed by atoms with van der Waals surface area (Å²) in [5, 5.41) is -0.142. The minimum absolute atomic E-state index is 0.142. The SMILES string of the molecule is Cc1cc(SC(F)(F)F)cc(F)c1Cl. The third kappa shape index (κ3) is 3.06. The van der Waals surface area contributed by atoms with Crippen molar-refractivity contribution in [2.45, 2.75) is 17.3 Å². The lowest BCUT2D eigenvalue weighted by Gasteiger charge is -2.07. The van der Waals surface area contributed by atoms with Crippen LogP contribution in [0.2, 0.25) is 5.02 Å². The Labute approximate surface area is 87.2 Å². The van der Waals surface area contributed by atoms with Crippen LogP contribution in [0.15, 0.2) is 17.0 Å². The fourth-order valence-electron chi connectivity index (χ4n) is 0.888. The highest BCUT2D eigenvalue weighted by Gasteiger charge is 2.29. The Morgan fingerprint density at radius 2 is 1.86 bits per heavy atom. The second kappa shape index (κ2) is 3.98. The number of hydrogen-bond donors (Lipinski definition) is 0. The van der Waals surface area contributed by atoms with Gasteiger partial charge in [-0.1, -0.05) is 11.6 Å². The number of halogens is 5.